The number of carbonyl (C=O) groups excluding carboxylic acids is 1. The van der Waals surface area contributed by atoms with E-state index < -0.39 is 11.9 Å². The molecular formula is C10H18N2O3S. The first-order valence-electron chi connectivity index (χ1n) is 5.40. The zero-order chi connectivity index (χ0) is 12.0. The minimum atomic E-state index is -0.883. The van der Waals surface area contributed by atoms with Crippen molar-refractivity contribution in [3.05, 3.63) is 0 Å². The summed E-state index contributed by atoms with van der Waals surface area (Å²) in [4.78, 5) is 22.0. The van der Waals surface area contributed by atoms with Crippen LogP contribution >= 0.6 is 11.8 Å². The molecular weight excluding hydrogens is 228 g/mol. The van der Waals surface area contributed by atoms with Crippen molar-refractivity contribution in [2.24, 2.45) is 5.92 Å². The molecule has 1 fully saturated rings. The van der Waals surface area contributed by atoms with Gasteiger partial charge in [-0.15, -0.1) is 0 Å². The van der Waals surface area contributed by atoms with Crippen LogP contribution in [-0.2, 0) is 9.59 Å². The van der Waals surface area contributed by atoms with E-state index in [0.717, 1.165) is 18.1 Å². The van der Waals surface area contributed by atoms with Crippen LogP contribution in [-0.4, -0.2) is 47.6 Å². The Balaban J connectivity index is 2.17. The highest BCUT2D eigenvalue weighted by molar-refractivity contribution is 7.99. The predicted octanol–water partition coefficient (Wildman–Crippen LogP) is -0.0816. The highest BCUT2D eigenvalue weighted by atomic mass is 32.2. The Kier molecular flexibility index (Phi) is 5.62. The Morgan fingerprint density at radius 1 is 1.62 bits per heavy atom. The molecule has 0 bridgehead atoms. The van der Waals surface area contributed by atoms with Gasteiger partial charge in [0.05, 0.1) is 5.92 Å². The number of rotatable bonds is 5. The number of carboxylic acids is 1. The van der Waals surface area contributed by atoms with Crippen LogP contribution in [0, 0.1) is 5.92 Å². The number of aliphatic carboxylic acids is 1. The highest BCUT2D eigenvalue weighted by Gasteiger charge is 2.17. The predicted molar refractivity (Wildman–Crippen MR) is 63.5 cm³/mol. The maximum absolute atomic E-state index is 11.5. The number of hydrogen-bond donors (Lipinski definition) is 3. The molecule has 2 atom stereocenters. The summed E-state index contributed by atoms with van der Waals surface area (Å²) in [6, 6.07) is 0.221. The van der Waals surface area contributed by atoms with Gasteiger partial charge in [-0.2, -0.15) is 11.8 Å². The molecule has 6 heteroatoms. The normalized spacial score (nSPS) is 22.4. The van der Waals surface area contributed by atoms with Crippen LogP contribution in [0.3, 0.4) is 0 Å². The zero-order valence-corrected chi connectivity index (χ0v) is 10.2. The van der Waals surface area contributed by atoms with Gasteiger partial charge in [0.1, 0.15) is 0 Å². The second-order valence-corrected chi connectivity index (χ2v) is 5.12. The Labute approximate surface area is 99.4 Å². The molecule has 1 heterocycles. The van der Waals surface area contributed by atoms with Crippen molar-refractivity contribution >= 4 is 23.6 Å². The number of hydrogen-bond acceptors (Lipinski definition) is 4. The molecule has 0 spiro atoms. The maximum atomic E-state index is 11.5. The number of amides is 1. The molecule has 1 aliphatic rings. The van der Waals surface area contributed by atoms with E-state index in [4.69, 9.17) is 5.11 Å². The van der Waals surface area contributed by atoms with Crippen molar-refractivity contribution < 1.29 is 14.7 Å². The van der Waals surface area contributed by atoms with Crippen LogP contribution in [0.5, 0.6) is 0 Å². The van der Waals surface area contributed by atoms with E-state index in [9.17, 15) is 9.59 Å². The second-order valence-electron chi connectivity index (χ2n) is 3.97. The minimum absolute atomic E-state index is 0.0758. The molecule has 1 saturated heterocycles. The SMILES string of the molecule is CC(CNC(=O)CC1CSCCN1)C(=O)O. The van der Waals surface area contributed by atoms with Gasteiger partial charge >= 0.3 is 5.97 Å². The number of thioether (sulfide) groups is 1. The van der Waals surface area contributed by atoms with Gasteiger partial charge in [0.25, 0.3) is 0 Å². The van der Waals surface area contributed by atoms with E-state index in [2.05, 4.69) is 10.6 Å². The molecule has 0 aromatic carbocycles. The van der Waals surface area contributed by atoms with Gasteiger partial charge in [-0.25, -0.2) is 0 Å². The third-order valence-electron chi connectivity index (χ3n) is 2.46. The Hall–Kier alpha value is -0.750. The highest BCUT2D eigenvalue weighted by Crippen LogP contribution is 2.09. The first-order chi connectivity index (χ1) is 7.59. The van der Waals surface area contributed by atoms with E-state index in [0.29, 0.717) is 6.42 Å². The fourth-order valence-electron chi connectivity index (χ4n) is 1.40. The minimum Gasteiger partial charge on any atom is -0.481 e. The first kappa shape index (κ1) is 13.3. The Bertz CT molecular complexity index is 254. The largest absolute Gasteiger partial charge is 0.481 e. The van der Waals surface area contributed by atoms with Crippen LogP contribution in [0.1, 0.15) is 13.3 Å². The first-order valence-corrected chi connectivity index (χ1v) is 6.55. The lowest BCUT2D eigenvalue weighted by Gasteiger charge is -2.22. The molecule has 0 aromatic heterocycles. The van der Waals surface area contributed by atoms with Crippen molar-refractivity contribution in [3.8, 4) is 0 Å². The van der Waals surface area contributed by atoms with Crippen LogP contribution in [0.4, 0.5) is 0 Å². The molecule has 5 nitrogen and oxygen atoms in total. The summed E-state index contributed by atoms with van der Waals surface area (Å²) in [5.74, 6) is 0.549. The summed E-state index contributed by atoms with van der Waals surface area (Å²) in [5.41, 5.74) is 0. The summed E-state index contributed by atoms with van der Waals surface area (Å²) < 4.78 is 0. The van der Waals surface area contributed by atoms with Gasteiger partial charge in [0.2, 0.25) is 5.91 Å². The topological polar surface area (TPSA) is 78.4 Å². The summed E-state index contributed by atoms with van der Waals surface area (Å²) in [7, 11) is 0. The number of carbonyl (C=O) groups is 2. The average molecular weight is 246 g/mol. The molecule has 0 aliphatic carbocycles. The molecule has 1 amide bonds. The van der Waals surface area contributed by atoms with Gasteiger partial charge in [0.15, 0.2) is 0 Å². The zero-order valence-electron chi connectivity index (χ0n) is 9.36. The molecule has 16 heavy (non-hydrogen) atoms. The third-order valence-corrected chi connectivity index (χ3v) is 3.59. The maximum Gasteiger partial charge on any atom is 0.308 e. The van der Waals surface area contributed by atoms with Crippen molar-refractivity contribution in [1.82, 2.24) is 10.6 Å². The molecule has 0 saturated carbocycles. The van der Waals surface area contributed by atoms with Crippen molar-refractivity contribution in [2.45, 2.75) is 19.4 Å². The lowest BCUT2D eigenvalue weighted by Crippen LogP contribution is -2.42. The lowest BCUT2D eigenvalue weighted by molar-refractivity contribution is -0.141. The number of carboxylic acid groups (broad SMARTS) is 1. The summed E-state index contributed by atoms with van der Waals surface area (Å²) >= 11 is 1.84. The van der Waals surface area contributed by atoms with Crippen LogP contribution in [0.25, 0.3) is 0 Å². The molecule has 0 radical (unpaired) electrons. The van der Waals surface area contributed by atoms with E-state index in [1.807, 2.05) is 11.8 Å². The standard InChI is InChI=1S/C10H18N2O3S/c1-7(10(14)15)5-12-9(13)4-8-6-16-3-2-11-8/h7-8,11H,2-6H2,1H3,(H,12,13)(H,14,15). The van der Waals surface area contributed by atoms with E-state index in [1.54, 1.807) is 6.92 Å². The summed E-state index contributed by atoms with van der Waals surface area (Å²) in [6.07, 6.45) is 0.430. The van der Waals surface area contributed by atoms with E-state index in [-0.39, 0.29) is 18.5 Å². The fraction of sp³-hybridized carbons (Fsp3) is 0.800. The average Bonchev–Trinajstić information content (AvgIpc) is 2.27. The summed E-state index contributed by atoms with van der Waals surface area (Å²) in [5, 5.41) is 14.6. The smallest absolute Gasteiger partial charge is 0.308 e. The van der Waals surface area contributed by atoms with Crippen LogP contribution < -0.4 is 10.6 Å². The Morgan fingerprint density at radius 3 is 2.94 bits per heavy atom. The van der Waals surface area contributed by atoms with Gasteiger partial charge in [0, 0.05) is 37.1 Å². The van der Waals surface area contributed by atoms with Gasteiger partial charge in [-0.3, -0.25) is 9.59 Å². The van der Waals surface area contributed by atoms with Crippen LogP contribution in [0.2, 0.25) is 0 Å². The van der Waals surface area contributed by atoms with Gasteiger partial charge in [-0.05, 0) is 0 Å². The molecule has 1 rings (SSSR count). The van der Waals surface area contributed by atoms with Crippen molar-refractivity contribution in [1.29, 1.82) is 0 Å². The van der Waals surface area contributed by atoms with E-state index >= 15 is 0 Å². The monoisotopic (exact) mass is 246 g/mol. The quantitative estimate of drug-likeness (QED) is 0.632. The number of nitrogens with one attached hydrogen (secondary N) is 2. The van der Waals surface area contributed by atoms with Crippen molar-refractivity contribution in [3.63, 3.8) is 0 Å². The molecule has 92 valence electrons. The molecule has 2 unspecified atom stereocenters. The van der Waals surface area contributed by atoms with E-state index in [1.165, 1.54) is 0 Å². The van der Waals surface area contributed by atoms with Gasteiger partial charge < -0.3 is 15.7 Å². The fourth-order valence-corrected chi connectivity index (χ4v) is 2.35. The van der Waals surface area contributed by atoms with Crippen molar-refractivity contribution in [2.75, 3.05) is 24.6 Å². The van der Waals surface area contributed by atoms with Gasteiger partial charge in [-0.1, -0.05) is 6.92 Å². The second kappa shape index (κ2) is 6.75. The Morgan fingerprint density at radius 2 is 2.38 bits per heavy atom. The summed E-state index contributed by atoms with van der Waals surface area (Å²) in [6.45, 7) is 2.72. The molecule has 3 N–H and O–H groups in total. The third kappa shape index (κ3) is 4.85. The lowest BCUT2D eigenvalue weighted by atomic mass is 10.1. The molecule has 0 aromatic rings. The van der Waals surface area contributed by atoms with Crippen LogP contribution in [0.15, 0.2) is 0 Å². The molecule has 1 aliphatic heterocycles.